The van der Waals surface area contributed by atoms with Crippen molar-refractivity contribution in [1.29, 1.82) is 0 Å². The Labute approximate surface area is 119 Å². The van der Waals surface area contributed by atoms with Crippen molar-refractivity contribution >= 4 is 5.91 Å². The van der Waals surface area contributed by atoms with E-state index in [9.17, 15) is 14.3 Å². The number of ether oxygens (including phenoxy) is 1. The van der Waals surface area contributed by atoms with Crippen LogP contribution in [0.4, 0.5) is 4.39 Å². The van der Waals surface area contributed by atoms with Crippen LogP contribution in [-0.2, 0) is 16.0 Å². The third-order valence-corrected chi connectivity index (χ3v) is 3.07. The lowest BCUT2D eigenvalue weighted by Gasteiger charge is -2.14. The van der Waals surface area contributed by atoms with E-state index >= 15 is 0 Å². The molecule has 1 aromatic rings. The Hall–Kier alpha value is -1.46. The fourth-order valence-electron chi connectivity index (χ4n) is 1.85. The predicted molar refractivity (Wildman–Crippen MR) is 74.8 cm³/mol. The molecule has 0 spiro atoms. The molecule has 0 aliphatic carbocycles. The maximum absolute atomic E-state index is 13.0. The maximum Gasteiger partial charge on any atom is 0.222 e. The van der Waals surface area contributed by atoms with Gasteiger partial charge in [0.25, 0.3) is 0 Å². The topological polar surface area (TPSA) is 58.6 Å². The van der Waals surface area contributed by atoms with E-state index in [1.165, 1.54) is 19.2 Å². The average molecular weight is 283 g/mol. The fourth-order valence-corrected chi connectivity index (χ4v) is 1.85. The van der Waals surface area contributed by atoms with Gasteiger partial charge in [0, 0.05) is 19.6 Å². The molecule has 1 rings (SSSR count). The number of hydrogen-bond donors (Lipinski definition) is 2. The van der Waals surface area contributed by atoms with Gasteiger partial charge in [0.1, 0.15) is 5.82 Å². The number of methoxy groups -OCH3 is 1. The number of aliphatic hydroxyl groups is 1. The minimum absolute atomic E-state index is 0.114. The molecule has 20 heavy (non-hydrogen) atoms. The van der Waals surface area contributed by atoms with Crippen molar-refractivity contribution in [1.82, 2.24) is 5.32 Å². The zero-order chi connectivity index (χ0) is 15.0. The average Bonchev–Trinajstić information content (AvgIpc) is 2.42. The van der Waals surface area contributed by atoms with E-state index < -0.39 is 6.10 Å². The van der Waals surface area contributed by atoms with Crippen LogP contribution in [0.15, 0.2) is 24.3 Å². The van der Waals surface area contributed by atoms with Crippen molar-refractivity contribution in [2.75, 3.05) is 20.3 Å². The molecule has 0 heterocycles. The molecule has 0 saturated heterocycles. The second kappa shape index (κ2) is 8.66. The summed E-state index contributed by atoms with van der Waals surface area (Å²) in [6.45, 7) is 2.19. The molecule has 2 N–H and O–H groups in total. The maximum atomic E-state index is 13.0. The lowest BCUT2D eigenvalue weighted by Crippen LogP contribution is -2.37. The Bertz CT molecular complexity index is 425. The van der Waals surface area contributed by atoms with Gasteiger partial charge >= 0.3 is 0 Å². The second-order valence-corrected chi connectivity index (χ2v) is 4.92. The van der Waals surface area contributed by atoms with Crippen LogP contribution in [0.5, 0.6) is 0 Å². The molecule has 4 nitrogen and oxygen atoms in total. The monoisotopic (exact) mass is 283 g/mol. The van der Waals surface area contributed by atoms with Crippen molar-refractivity contribution in [3.63, 3.8) is 0 Å². The van der Waals surface area contributed by atoms with Crippen LogP contribution in [0, 0.1) is 11.7 Å². The van der Waals surface area contributed by atoms with Crippen LogP contribution < -0.4 is 5.32 Å². The molecule has 0 radical (unpaired) electrons. The third kappa shape index (κ3) is 6.12. The Morgan fingerprint density at radius 3 is 2.90 bits per heavy atom. The molecule has 1 aromatic carbocycles. The molecule has 0 aromatic heterocycles. The highest BCUT2D eigenvalue weighted by Gasteiger charge is 2.14. The minimum Gasteiger partial charge on any atom is -0.389 e. The van der Waals surface area contributed by atoms with Gasteiger partial charge < -0.3 is 15.2 Å². The lowest BCUT2D eigenvalue weighted by molar-refractivity contribution is -0.125. The first kappa shape index (κ1) is 16.6. The highest BCUT2D eigenvalue weighted by molar-refractivity contribution is 5.78. The number of hydrogen-bond acceptors (Lipinski definition) is 3. The summed E-state index contributed by atoms with van der Waals surface area (Å²) in [4.78, 5) is 11.8. The Balaban J connectivity index is 2.31. The first-order valence-electron chi connectivity index (χ1n) is 6.72. The summed E-state index contributed by atoms with van der Waals surface area (Å²) < 4.78 is 17.8. The Morgan fingerprint density at radius 2 is 2.25 bits per heavy atom. The van der Waals surface area contributed by atoms with Gasteiger partial charge in [0.05, 0.1) is 12.7 Å². The zero-order valence-corrected chi connectivity index (χ0v) is 11.9. The number of benzene rings is 1. The number of carbonyl (C=O) groups is 1. The number of aliphatic hydroxyl groups excluding tert-OH is 1. The van der Waals surface area contributed by atoms with E-state index in [4.69, 9.17) is 4.74 Å². The lowest BCUT2D eigenvalue weighted by atomic mass is 10.0. The standard InChI is InChI=1S/C15H22FNO3/c1-11(15(19)17-9-14(18)10-20-2)6-7-12-4-3-5-13(16)8-12/h3-5,8,11,14,18H,6-7,9-10H2,1-2H3,(H,17,19). The van der Waals surface area contributed by atoms with Gasteiger partial charge in [-0.05, 0) is 30.5 Å². The minimum atomic E-state index is -0.695. The summed E-state index contributed by atoms with van der Waals surface area (Å²) in [6, 6.07) is 6.39. The summed E-state index contributed by atoms with van der Waals surface area (Å²) in [5.41, 5.74) is 0.879. The summed E-state index contributed by atoms with van der Waals surface area (Å²) in [5, 5.41) is 12.1. The largest absolute Gasteiger partial charge is 0.389 e. The third-order valence-electron chi connectivity index (χ3n) is 3.07. The fraction of sp³-hybridized carbons (Fsp3) is 0.533. The highest BCUT2D eigenvalue weighted by atomic mass is 19.1. The molecule has 112 valence electrons. The van der Waals surface area contributed by atoms with E-state index in [0.29, 0.717) is 12.8 Å². The first-order chi connectivity index (χ1) is 9.52. The summed E-state index contributed by atoms with van der Waals surface area (Å²) in [5.74, 6) is -0.563. The molecular weight excluding hydrogens is 261 g/mol. The number of halogens is 1. The molecule has 2 atom stereocenters. The highest BCUT2D eigenvalue weighted by Crippen LogP contribution is 2.11. The van der Waals surface area contributed by atoms with Gasteiger partial charge in [-0.2, -0.15) is 0 Å². The molecule has 0 saturated carbocycles. The van der Waals surface area contributed by atoms with Crippen LogP contribution in [0.25, 0.3) is 0 Å². The van der Waals surface area contributed by atoms with Crippen molar-refractivity contribution in [3.05, 3.63) is 35.6 Å². The molecule has 0 aliphatic rings. The van der Waals surface area contributed by atoms with Gasteiger partial charge in [0.2, 0.25) is 5.91 Å². The van der Waals surface area contributed by atoms with Crippen molar-refractivity contribution in [2.24, 2.45) is 5.92 Å². The van der Waals surface area contributed by atoms with Crippen LogP contribution in [0.3, 0.4) is 0 Å². The normalized spacial score (nSPS) is 13.8. The Kier molecular flexibility index (Phi) is 7.18. The Morgan fingerprint density at radius 1 is 1.50 bits per heavy atom. The number of amides is 1. The number of carbonyl (C=O) groups excluding carboxylic acids is 1. The van der Waals surface area contributed by atoms with Crippen molar-refractivity contribution < 1.29 is 19.0 Å². The van der Waals surface area contributed by atoms with E-state index in [1.54, 1.807) is 6.07 Å². The van der Waals surface area contributed by atoms with E-state index in [1.807, 2.05) is 13.0 Å². The summed E-state index contributed by atoms with van der Waals surface area (Å²) in [6.07, 6.45) is 0.585. The smallest absolute Gasteiger partial charge is 0.222 e. The molecule has 2 unspecified atom stereocenters. The van der Waals surface area contributed by atoms with Gasteiger partial charge in [-0.3, -0.25) is 4.79 Å². The van der Waals surface area contributed by atoms with Crippen LogP contribution in [0.2, 0.25) is 0 Å². The number of aryl methyl sites for hydroxylation is 1. The number of nitrogens with one attached hydrogen (secondary N) is 1. The zero-order valence-electron chi connectivity index (χ0n) is 11.9. The van der Waals surface area contributed by atoms with Gasteiger partial charge in [-0.1, -0.05) is 19.1 Å². The molecular formula is C15H22FNO3. The van der Waals surface area contributed by atoms with Crippen LogP contribution >= 0.6 is 0 Å². The summed E-state index contributed by atoms with van der Waals surface area (Å²) in [7, 11) is 1.49. The van der Waals surface area contributed by atoms with E-state index in [-0.39, 0.29) is 30.8 Å². The molecule has 5 heteroatoms. The molecule has 0 aliphatic heterocycles. The van der Waals surface area contributed by atoms with Gasteiger partial charge in [0.15, 0.2) is 0 Å². The molecule has 1 amide bonds. The van der Waals surface area contributed by atoms with Gasteiger partial charge in [-0.25, -0.2) is 4.39 Å². The summed E-state index contributed by atoms with van der Waals surface area (Å²) >= 11 is 0. The quantitative estimate of drug-likeness (QED) is 0.760. The first-order valence-corrected chi connectivity index (χ1v) is 6.72. The van der Waals surface area contributed by atoms with Crippen LogP contribution in [0.1, 0.15) is 18.9 Å². The predicted octanol–water partition coefficient (Wildman–Crippen LogP) is 1.52. The van der Waals surface area contributed by atoms with E-state index in [2.05, 4.69) is 5.32 Å². The van der Waals surface area contributed by atoms with Crippen molar-refractivity contribution in [2.45, 2.75) is 25.9 Å². The van der Waals surface area contributed by atoms with Gasteiger partial charge in [-0.15, -0.1) is 0 Å². The van der Waals surface area contributed by atoms with Crippen molar-refractivity contribution in [3.8, 4) is 0 Å². The second-order valence-electron chi connectivity index (χ2n) is 4.92. The number of rotatable bonds is 8. The van der Waals surface area contributed by atoms with E-state index in [0.717, 1.165) is 5.56 Å². The van der Waals surface area contributed by atoms with Crippen LogP contribution in [-0.4, -0.2) is 37.4 Å². The molecule has 0 bridgehead atoms. The SMILES string of the molecule is COCC(O)CNC(=O)C(C)CCc1cccc(F)c1. The molecule has 0 fully saturated rings.